The number of methoxy groups -OCH3 is 1. The molecule has 2 atom stereocenters. The standard InChI is InChI=1S/C18H21N5O3S/c1-12(24)11-22-27(19,25)14-5-3-13(4-6-14)23-16-8-10-20-17-15(16)7-9-21-18(17)26-2/h3-10,12,24H,11H2,1-2H3,(H,20,23)(H2,19,22,25)/t12-,27+/m1/s1. The van der Waals surface area contributed by atoms with Crippen molar-refractivity contribution in [3.63, 3.8) is 0 Å². The summed E-state index contributed by atoms with van der Waals surface area (Å²) < 4.78 is 28.2. The summed E-state index contributed by atoms with van der Waals surface area (Å²) in [5.41, 5.74) is 2.25. The van der Waals surface area contributed by atoms with E-state index < -0.39 is 16.0 Å². The fourth-order valence-electron chi connectivity index (χ4n) is 2.52. The van der Waals surface area contributed by atoms with Crippen LogP contribution in [0.4, 0.5) is 11.4 Å². The molecule has 0 fully saturated rings. The lowest BCUT2D eigenvalue weighted by molar-refractivity contribution is 0.199. The normalized spacial score (nSPS) is 14.5. The van der Waals surface area contributed by atoms with E-state index in [1.54, 1.807) is 50.7 Å². The second kappa shape index (κ2) is 7.87. The molecule has 0 aliphatic carbocycles. The molecule has 0 aliphatic heterocycles. The summed E-state index contributed by atoms with van der Waals surface area (Å²) in [5, 5.41) is 13.4. The molecule has 4 N–H and O–H groups in total. The molecule has 0 radical (unpaired) electrons. The predicted molar refractivity (Wildman–Crippen MR) is 105 cm³/mol. The number of ether oxygens (including phenoxy) is 1. The van der Waals surface area contributed by atoms with Gasteiger partial charge in [-0.15, -0.1) is 0 Å². The first-order valence-electron chi connectivity index (χ1n) is 8.27. The molecule has 0 bridgehead atoms. The van der Waals surface area contributed by atoms with Crippen LogP contribution in [-0.2, 0) is 9.92 Å². The molecule has 3 rings (SSSR count). The Labute approximate surface area is 157 Å². The quantitative estimate of drug-likeness (QED) is 0.495. The fraction of sp³-hybridized carbons (Fsp3) is 0.222. The molecule has 0 aliphatic rings. The van der Waals surface area contributed by atoms with Crippen LogP contribution in [-0.4, -0.2) is 39.0 Å². The Balaban J connectivity index is 1.84. The molecule has 9 heteroatoms. The number of hydrogen-bond acceptors (Lipinski definition) is 7. The lowest BCUT2D eigenvalue weighted by atomic mass is 10.2. The van der Waals surface area contributed by atoms with Crippen LogP contribution in [0.25, 0.3) is 10.9 Å². The lowest BCUT2D eigenvalue weighted by Crippen LogP contribution is -2.29. The van der Waals surface area contributed by atoms with Crippen LogP contribution in [0.3, 0.4) is 0 Å². The molecule has 0 saturated heterocycles. The van der Waals surface area contributed by atoms with Gasteiger partial charge < -0.3 is 15.2 Å². The fourth-order valence-corrected chi connectivity index (χ4v) is 3.68. The van der Waals surface area contributed by atoms with Gasteiger partial charge in [-0.05, 0) is 43.3 Å². The van der Waals surface area contributed by atoms with Crippen LogP contribution in [0.15, 0.2) is 53.7 Å². The first-order valence-corrected chi connectivity index (χ1v) is 9.83. The molecule has 3 aromatic rings. The zero-order valence-corrected chi connectivity index (χ0v) is 15.8. The van der Waals surface area contributed by atoms with Gasteiger partial charge in [0.25, 0.3) is 0 Å². The largest absolute Gasteiger partial charge is 0.479 e. The minimum atomic E-state index is -3.16. The summed E-state index contributed by atoms with van der Waals surface area (Å²) in [6.07, 6.45) is 2.64. The SMILES string of the molecule is COc1nccc2c(Nc3ccc([S@@](=N)(=O)NC[C@@H](C)O)cc3)ccnc12. The van der Waals surface area contributed by atoms with E-state index in [1.807, 2.05) is 12.1 Å². The molecule has 0 unspecified atom stereocenters. The van der Waals surface area contributed by atoms with E-state index in [2.05, 4.69) is 20.0 Å². The van der Waals surface area contributed by atoms with Crippen molar-refractivity contribution in [3.8, 4) is 5.88 Å². The number of rotatable bonds is 7. The van der Waals surface area contributed by atoms with E-state index in [0.717, 1.165) is 16.8 Å². The van der Waals surface area contributed by atoms with Crippen LogP contribution in [0, 0.1) is 4.78 Å². The first kappa shape index (κ1) is 19.0. The van der Waals surface area contributed by atoms with E-state index in [1.165, 1.54) is 0 Å². The van der Waals surface area contributed by atoms with Gasteiger partial charge >= 0.3 is 0 Å². The summed E-state index contributed by atoms with van der Waals surface area (Å²) in [6.45, 7) is 1.65. The van der Waals surface area contributed by atoms with Crippen LogP contribution < -0.4 is 14.8 Å². The molecule has 8 nitrogen and oxygen atoms in total. The van der Waals surface area contributed by atoms with E-state index >= 15 is 0 Å². The third kappa shape index (κ3) is 4.33. The highest BCUT2D eigenvalue weighted by Crippen LogP contribution is 2.29. The first-order chi connectivity index (χ1) is 12.9. The van der Waals surface area contributed by atoms with Gasteiger partial charge in [-0.3, -0.25) is 4.98 Å². The number of aliphatic hydroxyl groups is 1. The number of fused-ring (bicyclic) bond motifs is 1. The van der Waals surface area contributed by atoms with E-state index in [4.69, 9.17) is 9.52 Å². The molecule has 1 aromatic carbocycles. The Hall–Kier alpha value is -2.75. The molecule has 27 heavy (non-hydrogen) atoms. The molecule has 0 amide bonds. The monoisotopic (exact) mass is 387 g/mol. The molecular weight excluding hydrogens is 366 g/mol. The minimum Gasteiger partial charge on any atom is -0.479 e. The van der Waals surface area contributed by atoms with Crippen LogP contribution in [0.5, 0.6) is 5.88 Å². The number of aliphatic hydroxyl groups excluding tert-OH is 1. The third-order valence-electron chi connectivity index (χ3n) is 3.87. The van der Waals surface area contributed by atoms with E-state index in [0.29, 0.717) is 16.3 Å². The van der Waals surface area contributed by atoms with Crippen molar-refractivity contribution in [1.29, 1.82) is 4.78 Å². The van der Waals surface area contributed by atoms with Crippen molar-refractivity contribution in [1.82, 2.24) is 14.7 Å². The summed E-state index contributed by atoms with van der Waals surface area (Å²) in [6, 6.07) is 10.4. The Morgan fingerprint density at radius 3 is 2.56 bits per heavy atom. The van der Waals surface area contributed by atoms with Crippen molar-refractivity contribution in [2.24, 2.45) is 0 Å². The topological polar surface area (TPSA) is 120 Å². The number of pyridine rings is 2. The van der Waals surface area contributed by atoms with E-state index in [-0.39, 0.29) is 6.54 Å². The molecular formula is C18H21N5O3S. The van der Waals surface area contributed by atoms with Gasteiger partial charge in [0.05, 0.1) is 18.1 Å². The maximum absolute atomic E-state index is 12.4. The second-order valence-corrected chi connectivity index (χ2v) is 7.85. The van der Waals surface area contributed by atoms with Crippen LogP contribution in [0.1, 0.15) is 6.92 Å². The summed E-state index contributed by atoms with van der Waals surface area (Å²) in [5.74, 6) is 0.449. The molecule has 0 spiro atoms. The Kier molecular flexibility index (Phi) is 5.54. The maximum atomic E-state index is 12.4. The van der Waals surface area contributed by atoms with Crippen LogP contribution in [0.2, 0.25) is 0 Å². The van der Waals surface area contributed by atoms with E-state index in [9.17, 15) is 9.32 Å². The van der Waals surface area contributed by atoms with Crippen molar-refractivity contribution in [3.05, 3.63) is 48.8 Å². The summed E-state index contributed by atoms with van der Waals surface area (Å²) >= 11 is 0. The molecule has 0 saturated carbocycles. The van der Waals surface area contributed by atoms with Gasteiger partial charge in [-0.2, -0.15) is 0 Å². The molecule has 142 valence electrons. The number of benzene rings is 1. The predicted octanol–water partition coefficient (Wildman–Crippen LogP) is 2.67. The maximum Gasteiger partial charge on any atom is 0.240 e. The summed E-state index contributed by atoms with van der Waals surface area (Å²) in [4.78, 5) is 8.81. The molecule has 2 heterocycles. The van der Waals surface area contributed by atoms with Gasteiger partial charge in [-0.1, -0.05) is 0 Å². The smallest absolute Gasteiger partial charge is 0.240 e. The van der Waals surface area contributed by atoms with Crippen LogP contribution >= 0.6 is 0 Å². The zero-order chi connectivity index (χ0) is 19.4. The highest BCUT2D eigenvalue weighted by molar-refractivity contribution is 7.90. The van der Waals surface area contributed by atoms with Gasteiger partial charge in [0.2, 0.25) is 5.88 Å². The van der Waals surface area contributed by atoms with Crippen molar-refractivity contribution < 1.29 is 14.1 Å². The van der Waals surface area contributed by atoms with Gasteiger partial charge in [0, 0.05) is 35.7 Å². The summed E-state index contributed by atoms with van der Waals surface area (Å²) in [7, 11) is -1.61. The lowest BCUT2D eigenvalue weighted by Gasteiger charge is -2.13. The number of anilines is 2. The highest BCUT2D eigenvalue weighted by Gasteiger charge is 2.12. The second-order valence-electron chi connectivity index (χ2n) is 5.98. The molecule has 2 aromatic heterocycles. The van der Waals surface area contributed by atoms with Gasteiger partial charge in [0.15, 0.2) is 0 Å². The minimum absolute atomic E-state index is 0.0845. The highest BCUT2D eigenvalue weighted by atomic mass is 32.2. The Bertz CT molecular complexity index is 1040. The Morgan fingerprint density at radius 2 is 1.89 bits per heavy atom. The van der Waals surface area contributed by atoms with Crippen molar-refractivity contribution in [2.75, 3.05) is 19.0 Å². The number of hydrogen-bond donors (Lipinski definition) is 4. The van der Waals surface area contributed by atoms with Crippen molar-refractivity contribution >= 4 is 32.2 Å². The third-order valence-corrected chi connectivity index (χ3v) is 5.38. The number of nitrogens with zero attached hydrogens (tertiary/aromatic N) is 2. The number of aromatic nitrogens is 2. The van der Waals surface area contributed by atoms with Gasteiger partial charge in [-0.25, -0.2) is 18.7 Å². The Morgan fingerprint density at radius 1 is 1.19 bits per heavy atom. The number of nitrogens with one attached hydrogen (secondary N) is 3. The average Bonchev–Trinajstić information content (AvgIpc) is 2.67. The van der Waals surface area contributed by atoms with Gasteiger partial charge in [0.1, 0.15) is 15.4 Å². The van der Waals surface area contributed by atoms with Crippen molar-refractivity contribution in [2.45, 2.75) is 17.9 Å². The zero-order valence-electron chi connectivity index (χ0n) is 15.0. The average molecular weight is 387 g/mol.